The molecule has 6 heteroatoms. The normalized spacial score (nSPS) is 11.1. The lowest BCUT2D eigenvalue weighted by atomic mass is 10.1. The number of fused-ring (bicyclic) bond motifs is 1. The molecule has 5 nitrogen and oxygen atoms in total. The van der Waals surface area contributed by atoms with Crippen LogP contribution in [0.1, 0.15) is 23.9 Å². The Bertz CT molecular complexity index is 1130. The molecule has 0 aliphatic heterocycles. The van der Waals surface area contributed by atoms with Crippen molar-refractivity contribution in [2.75, 3.05) is 13.2 Å². The van der Waals surface area contributed by atoms with E-state index in [0.717, 1.165) is 25.7 Å². The first-order valence-electron chi connectivity index (χ1n) is 8.66. The number of hydrogen-bond acceptors (Lipinski definition) is 4. The molecule has 0 spiro atoms. The van der Waals surface area contributed by atoms with E-state index in [4.69, 9.17) is 15.9 Å². The number of aromatic nitrogens is 2. The molecule has 28 heavy (non-hydrogen) atoms. The topological polar surface area (TPSA) is 70.9 Å². The minimum absolute atomic E-state index is 0.160. The fourth-order valence-electron chi connectivity index (χ4n) is 2.76. The quantitative estimate of drug-likeness (QED) is 0.306. The van der Waals surface area contributed by atoms with Crippen molar-refractivity contribution in [3.05, 3.63) is 50.9 Å². The molecule has 0 fully saturated rings. The molecule has 3 aromatic rings. The summed E-state index contributed by atoms with van der Waals surface area (Å²) in [7, 11) is 0. The summed E-state index contributed by atoms with van der Waals surface area (Å²) in [5.74, 6) is 4.19. The summed E-state index contributed by atoms with van der Waals surface area (Å²) in [4.78, 5) is 7.75. The monoisotopic (exact) mass is 483 g/mol. The van der Waals surface area contributed by atoms with Gasteiger partial charge in [-0.05, 0) is 77.9 Å². The lowest BCUT2D eigenvalue weighted by Crippen LogP contribution is -2.01. The number of ether oxygens (including phenoxy) is 2. The van der Waals surface area contributed by atoms with Gasteiger partial charge in [-0.1, -0.05) is 12.0 Å². The highest BCUT2D eigenvalue weighted by Crippen LogP contribution is 2.35. The molecule has 0 saturated carbocycles. The van der Waals surface area contributed by atoms with E-state index in [1.165, 1.54) is 0 Å². The van der Waals surface area contributed by atoms with Crippen LogP contribution in [0.15, 0.2) is 30.3 Å². The highest BCUT2D eigenvalue weighted by Gasteiger charge is 2.13. The van der Waals surface area contributed by atoms with Crippen molar-refractivity contribution in [2.24, 2.45) is 0 Å². The molecule has 1 heterocycles. The number of imidazole rings is 1. The average Bonchev–Trinajstić information content (AvgIpc) is 3.08. The number of terminal acetylenes is 1. The Morgan fingerprint density at radius 1 is 1.32 bits per heavy atom. The van der Waals surface area contributed by atoms with Crippen LogP contribution in [0.5, 0.6) is 11.5 Å². The SMILES string of the molecule is C#CCOc1c(I)cc(/C=C(/C#N)c2nc3ccc(C)cc3[nH]2)cc1OCC. The number of aromatic amines is 1. The van der Waals surface area contributed by atoms with E-state index in [1.54, 1.807) is 6.08 Å². The molecule has 0 unspecified atom stereocenters. The Hall–Kier alpha value is -2.97. The minimum Gasteiger partial charge on any atom is -0.490 e. The summed E-state index contributed by atoms with van der Waals surface area (Å²) in [6, 6.07) is 11.9. The minimum atomic E-state index is 0.160. The average molecular weight is 483 g/mol. The molecule has 0 bridgehead atoms. The van der Waals surface area contributed by atoms with Crippen molar-refractivity contribution in [1.29, 1.82) is 5.26 Å². The maximum Gasteiger partial charge on any atom is 0.175 e. The predicted molar refractivity (Wildman–Crippen MR) is 119 cm³/mol. The number of hydrogen-bond donors (Lipinski definition) is 1. The number of nitrogens with zero attached hydrogens (tertiary/aromatic N) is 2. The smallest absolute Gasteiger partial charge is 0.175 e. The lowest BCUT2D eigenvalue weighted by Gasteiger charge is -2.13. The van der Waals surface area contributed by atoms with Crippen LogP contribution in [0.2, 0.25) is 0 Å². The number of nitrogens with one attached hydrogen (secondary N) is 1. The number of H-pyrrole nitrogens is 1. The Balaban J connectivity index is 2.03. The third kappa shape index (κ3) is 4.29. The summed E-state index contributed by atoms with van der Waals surface area (Å²) in [5.41, 5.74) is 4.10. The fraction of sp³-hybridized carbons (Fsp3) is 0.182. The van der Waals surface area contributed by atoms with Crippen molar-refractivity contribution in [2.45, 2.75) is 13.8 Å². The number of rotatable bonds is 6. The van der Waals surface area contributed by atoms with Crippen molar-refractivity contribution in [3.8, 4) is 29.9 Å². The Morgan fingerprint density at radius 2 is 2.14 bits per heavy atom. The van der Waals surface area contributed by atoms with Gasteiger partial charge in [-0.25, -0.2) is 4.98 Å². The van der Waals surface area contributed by atoms with Crippen LogP contribution >= 0.6 is 22.6 Å². The first kappa shape index (κ1) is 19.8. The maximum atomic E-state index is 9.67. The van der Waals surface area contributed by atoms with Crippen LogP contribution in [0.3, 0.4) is 0 Å². The molecule has 0 amide bonds. The van der Waals surface area contributed by atoms with Crippen LogP contribution in [0.4, 0.5) is 0 Å². The van der Waals surface area contributed by atoms with Crippen LogP contribution < -0.4 is 9.47 Å². The van der Waals surface area contributed by atoms with Gasteiger partial charge in [-0.2, -0.15) is 5.26 Å². The van der Waals surface area contributed by atoms with Crippen LogP contribution in [0.25, 0.3) is 22.7 Å². The number of halogens is 1. The number of allylic oxidation sites excluding steroid dienone is 1. The highest BCUT2D eigenvalue weighted by atomic mass is 127. The summed E-state index contributed by atoms with van der Waals surface area (Å²) in [6.45, 7) is 4.57. The second-order valence-electron chi connectivity index (χ2n) is 6.03. The molecular weight excluding hydrogens is 465 g/mol. The van der Waals surface area contributed by atoms with Gasteiger partial charge >= 0.3 is 0 Å². The van der Waals surface area contributed by atoms with Gasteiger partial charge < -0.3 is 14.5 Å². The second-order valence-corrected chi connectivity index (χ2v) is 7.19. The zero-order chi connectivity index (χ0) is 20.1. The van der Waals surface area contributed by atoms with E-state index >= 15 is 0 Å². The van der Waals surface area contributed by atoms with E-state index in [2.05, 4.69) is 44.5 Å². The molecule has 0 aliphatic carbocycles. The van der Waals surface area contributed by atoms with Crippen LogP contribution in [-0.2, 0) is 0 Å². The Kier molecular flexibility index (Phi) is 6.23. The number of aryl methyl sites for hydroxylation is 1. The summed E-state index contributed by atoms with van der Waals surface area (Å²) in [6.07, 6.45) is 7.07. The second kappa shape index (κ2) is 8.81. The molecule has 1 N–H and O–H groups in total. The van der Waals surface area contributed by atoms with Gasteiger partial charge in [-0.15, -0.1) is 6.42 Å². The van der Waals surface area contributed by atoms with Crippen LogP contribution in [0, 0.1) is 34.2 Å². The first-order chi connectivity index (χ1) is 13.5. The van der Waals surface area contributed by atoms with Gasteiger partial charge in [0.25, 0.3) is 0 Å². The van der Waals surface area contributed by atoms with Gasteiger partial charge in [0.05, 0.1) is 26.8 Å². The zero-order valence-electron chi connectivity index (χ0n) is 15.5. The summed E-state index contributed by atoms with van der Waals surface area (Å²) < 4.78 is 12.2. The molecule has 3 rings (SSSR count). The first-order valence-corrected chi connectivity index (χ1v) is 9.74. The molecule has 2 aromatic carbocycles. The molecule has 0 saturated heterocycles. The summed E-state index contributed by atoms with van der Waals surface area (Å²) >= 11 is 2.17. The number of nitriles is 1. The van der Waals surface area contributed by atoms with E-state index in [9.17, 15) is 5.26 Å². The molecule has 0 radical (unpaired) electrons. The van der Waals surface area contributed by atoms with Crippen molar-refractivity contribution < 1.29 is 9.47 Å². The van der Waals surface area contributed by atoms with E-state index < -0.39 is 0 Å². The largest absolute Gasteiger partial charge is 0.490 e. The molecule has 0 aliphatic rings. The fourth-order valence-corrected chi connectivity index (χ4v) is 3.54. The van der Waals surface area contributed by atoms with E-state index in [0.29, 0.717) is 29.5 Å². The highest BCUT2D eigenvalue weighted by molar-refractivity contribution is 14.1. The van der Waals surface area contributed by atoms with Gasteiger partial charge in [-0.3, -0.25) is 0 Å². The third-order valence-corrected chi connectivity index (χ3v) is 4.76. The molecule has 140 valence electrons. The Labute approximate surface area is 177 Å². The lowest BCUT2D eigenvalue weighted by molar-refractivity contribution is 0.297. The van der Waals surface area contributed by atoms with E-state index in [1.807, 2.05) is 44.2 Å². The summed E-state index contributed by atoms with van der Waals surface area (Å²) in [5, 5.41) is 9.67. The van der Waals surface area contributed by atoms with Crippen molar-refractivity contribution in [3.63, 3.8) is 0 Å². The standard InChI is InChI=1S/C22H18IN3O2/c1-4-8-28-21-17(23)11-15(12-20(21)27-5-2)10-16(13-24)22-25-18-7-6-14(3)9-19(18)26-22/h1,6-7,9-12H,5,8H2,2-3H3,(H,25,26)/b16-10-. The van der Waals surface area contributed by atoms with Gasteiger partial charge in [0.2, 0.25) is 0 Å². The maximum absolute atomic E-state index is 9.67. The van der Waals surface area contributed by atoms with Crippen molar-refractivity contribution in [1.82, 2.24) is 9.97 Å². The molecular formula is C22H18IN3O2. The molecule has 0 atom stereocenters. The van der Waals surface area contributed by atoms with Crippen molar-refractivity contribution >= 4 is 45.3 Å². The van der Waals surface area contributed by atoms with Gasteiger partial charge in [0, 0.05) is 0 Å². The number of benzene rings is 2. The predicted octanol–water partition coefficient (Wildman–Crippen LogP) is 4.95. The van der Waals surface area contributed by atoms with Crippen LogP contribution in [-0.4, -0.2) is 23.2 Å². The van der Waals surface area contributed by atoms with E-state index in [-0.39, 0.29) is 6.61 Å². The van der Waals surface area contributed by atoms with Gasteiger partial charge in [0.15, 0.2) is 11.5 Å². The Morgan fingerprint density at radius 3 is 2.86 bits per heavy atom. The van der Waals surface area contributed by atoms with Gasteiger partial charge in [0.1, 0.15) is 18.5 Å². The molecule has 1 aromatic heterocycles. The zero-order valence-corrected chi connectivity index (χ0v) is 17.7. The third-order valence-electron chi connectivity index (χ3n) is 3.96.